The molecule has 2 heterocycles. The molecule has 0 aliphatic carbocycles. The summed E-state index contributed by atoms with van der Waals surface area (Å²) in [6, 6.07) is 10.4. The molecule has 122 valence electrons. The summed E-state index contributed by atoms with van der Waals surface area (Å²) in [6.07, 6.45) is 0. The molecule has 2 aromatic rings. The van der Waals surface area contributed by atoms with Crippen LogP contribution < -0.4 is 10.2 Å². The highest BCUT2D eigenvalue weighted by Crippen LogP contribution is 2.21. The van der Waals surface area contributed by atoms with Crippen molar-refractivity contribution in [3.05, 3.63) is 41.7 Å². The maximum Gasteiger partial charge on any atom is 0.136 e. The maximum absolute atomic E-state index is 4.62. The highest BCUT2D eigenvalue weighted by molar-refractivity contribution is 5.60. The Balaban J connectivity index is 1.75. The minimum absolute atomic E-state index is 0.801. The number of piperazine rings is 1. The fraction of sp³-hybridized carbons (Fsp3) is 0.444. The molecule has 1 aromatic heterocycles. The van der Waals surface area contributed by atoms with E-state index in [1.807, 2.05) is 6.92 Å². The molecule has 1 aliphatic rings. The Labute approximate surface area is 138 Å². The van der Waals surface area contributed by atoms with Gasteiger partial charge in [0.15, 0.2) is 0 Å². The average molecular weight is 311 g/mol. The van der Waals surface area contributed by atoms with Gasteiger partial charge in [0.1, 0.15) is 17.5 Å². The van der Waals surface area contributed by atoms with Crippen LogP contribution in [0.3, 0.4) is 0 Å². The Morgan fingerprint density at radius 2 is 1.70 bits per heavy atom. The standard InChI is InChI=1S/C18H25N5/c1-4-22-9-11-23(12-10-22)18-13-17(19-15(3)20-18)21-16-7-5-14(2)6-8-16/h5-8,13H,4,9-12H2,1-3H3,(H,19,20,21). The first-order valence-corrected chi connectivity index (χ1v) is 8.30. The van der Waals surface area contributed by atoms with Crippen LogP contribution in [-0.4, -0.2) is 47.6 Å². The molecule has 0 saturated carbocycles. The molecule has 1 aliphatic heterocycles. The number of aryl methyl sites for hydroxylation is 2. The number of hydrogen-bond donors (Lipinski definition) is 1. The maximum atomic E-state index is 4.62. The Morgan fingerprint density at radius 3 is 2.35 bits per heavy atom. The average Bonchev–Trinajstić information content (AvgIpc) is 2.56. The zero-order valence-corrected chi connectivity index (χ0v) is 14.2. The lowest BCUT2D eigenvalue weighted by atomic mass is 10.2. The first kappa shape index (κ1) is 15.7. The van der Waals surface area contributed by atoms with Crippen LogP contribution in [-0.2, 0) is 0 Å². The molecule has 1 saturated heterocycles. The number of aromatic nitrogens is 2. The summed E-state index contributed by atoms with van der Waals surface area (Å²) in [6.45, 7) is 11.6. The lowest BCUT2D eigenvalue weighted by Crippen LogP contribution is -2.46. The van der Waals surface area contributed by atoms with E-state index in [0.717, 1.165) is 55.9 Å². The van der Waals surface area contributed by atoms with Crippen LogP contribution >= 0.6 is 0 Å². The van der Waals surface area contributed by atoms with Crippen molar-refractivity contribution in [1.29, 1.82) is 0 Å². The van der Waals surface area contributed by atoms with Crippen LogP contribution in [0.5, 0.6) is 0 Å². The van der Waals surface area contributed by atoms with Crippen molar-refractivity contribution in [3.8, 4) is 0 Å². The van der Waals surface area contributed by atoms with Crippen molar-refractivity contribution in [1.82, 2.24) is 14.9 Å². The minimum atomic E-state index is 0.801. The van der Waals surface area contributed by atoms with E-state index < -0.39 is 0 Å². The van der Waals surface area contributed by atoms with Gasteiger partial charge in [-0.25, -0.2) is 9.97 Å². The molecule has 23 heavy (non-hydrogen) atoms. The molecule has 0 unspecified atom stereocenters. The van der Waals surface area contributed by atoms with Gasteiger partial charge in [-0.2, -0.15) is 0 Å². The van der Waals surface area contributed by atoms with Crippen LogP contribution in [0.2, 0.25) is 0 Å². The zero-order chi connectivity index (χ0) is 16.2. The molecule has 1 fully saturated rings. The summed E-state index contributed by atoms with van der Waals surface area (Å²) in [5.74, 6) is 2.67. The third-order valence-electron chi connectivity index (χ3n) is 4.29. The van der Waals surface area contributed by atoms with E-state index in [1.54, 1.807) is 0 Å². The van der Waals surface area contributed by atoms with Crippen molar-refractivity contribution in [2.45, 2.75) is 20.8 Å². The summed E-state index contributed by atoms with van der Waals surface area (Å²) in [4.78, 5) is 14.0. The first-order chi connectivity index (χ1) is 11.1. The predicted molar refractivity (Wildman–Crippen MR) is 95.6 cm³/mol. The molecular weight excluding hydrogens is 286 g/mol. The van der Waals surface area contributed by atoms with Gasteiger partial charge in [0.2, 0.25) is 0 Å². The van der Waals surface area contributed by atoms with E-state index in [9.17, 15) is 0 Å². The minimum Gasteiger partial charge on any atom is -0.354 e. The van der Waals surface area contributed by atoms with Gasteiger partial charge in [0.25, 0.3) is 0 Å². The van der Waals surface area contributed by atoms with E-state index >= 15 is 0 Å². The van der Waals surface area contributed by atoms with E-state index in [4.69, 9.17) is 0 Å². The van der Waals surface area contributed by atoms with E-state index in [0.29, 0.717) is 0 Å². The van der Waals surface area contributed by atoms with Crippen LogP contribution in [0.25, 0.3) is 0 Å². The Kier molecular flexibility index (Phi) is 4.76. The summed E-state index contributed by atoms with van der Waals surface area (Å²) < 4.78 is 0. The summed E-state index contributed by atoms with van der Waals surface area (Å²) in [7, 11) is 0. The molecule has 5 nitrogen and oxygen atoms in total. The van der Waals surface area contributed by atoms with Gasteiger partial charge in [-0.05, 0) is 32.5 Å². The Bertz CT molecular complexity index is 645. The van der Waals surface area contributed by atoms with Crippen LogP contribution in [0, 0.1) is 13.8 Å². The predicted octanol–water partition coefficient (Wildman–Crippen LogP) is 2.98. The van der Waals surface area contributed by atoms with Crippen LogP contribution in [0.4, 0.5) is 17.3 Å². The third-order valence-corrected chi connectivity index (χ3v) is 4.29. The highest BCUT2D eigenvalue weighted by atomic mass is 15.3. The number of hydrogen-bond acceptors (Lipinski definition) is 5. The van der Waals surface area contributed by atoms with Crippen molar-refractivity contribution >= 4 is 17.3 Å². The molecule has 0 radical (unpaired) electrons. The van der Waals surface area contributed by atoms with Gasteiger partial charge in [-0.3, -0.25) is 0 Å². The Hall–Kier alpha value is -2.14. The monoisotopic (exact) mass is 311 g/mol. The number of rotatable bonds is 4. The summed E-state index contributed by atoms with van der Waals surface area (Å²) in [5.41, 5.74) is 2.30. The first-order valence-electron chi connectivity index (χ1n) is 8.30. The second-order valence-corrected chi connectivity index (χ2v) is 6.07. The van der Waals surface area contributed by atoms with Crippen molar-refractivity contribution in [2.24, 2.45) is 0 Å². The van der Waals surface area contributed by atoms with Gasteiger partial charge >= 0.3 is 0 Å². The fourth-order valence-electron chi connectivity index (χ4n) is 2.86. The molecule has 0 atom stereocenters. The quantitative estimate of drug-likeness (QED) is 0.940. The van der Waals surface area contributed by atoms with Gasteiger partial charge in [-0.1, -0.05) is 24.6 Å². The number of nitrogens with one attached hydrogen (secondary N) is 1. The molecule has 0 amide bonds. The second-order valence-electron chi connectivity index (χ2n) is 6.07. The molecular formula is C18H25N5. The van der Waals surface area contributed by atoms with E-state index in [2.05, 4.69) is 69.3 Å². The van der Waals surface area contributed by atoms with Crippen molar-refractivity contribution in [2.75, 3.05) is 42.9 Å². The van der Waals surface area contributed by atoms with Crippen molar-refractivity contribution in [3.63, 3.8) is 0 Å². The van der Waals surface area contributed by atoms with E-state index in [1.165, 1.54) is 5.56 Å². The lowest BCUT2D eigenvalue weighted by molar-refractivity contribution is 0.270. The van der Waals surface area contributed by atoms with Gasteiger partial charge in [0, 0.05) is 37.9 Å². The Morgan fingerprint density at radius 1 is 1.00 bits per heavy atom. The molecule has 1 aromatic carbocycles. The zero-order valence-electron chi connectivity index (χ0n) is 14.2. The molecule has 0 spiro atoms. The second kappa shape index (κ2) is 6.96. The number of benzene rings is 1. The van der Waals surface area contributed by atoms with Gasteiger partial charge in [-0.15, -0.1) is 0 Å². The van der Waals surface area contributed by atoms with Crippen LogP contribution in [0.1, 0.15) is 18.3 Å². The van der Waals surface area contributed by atoms with Gasteiger partial charge < -0.3 is 15.1 Å². The largest absolute Gasteiger partial charge is 0.354 e. The molecule has 0 bridgehead atoms. The topological polar surface area (TPSA) is 44.3 Å². The lowest BCUT2D eigenvalue weighted by Gasteiger charge is -2.34. The number of likely N-dealkylation sites (N-methyl/N-ethyl adjacent to an activating group) is 1. The summed E-state index contributed by atoms with van der Waals surface area (Å²) in [5, 5.41) is 3.38. The van der Waals surface area contributed by atoms with E-state index in [-0.39, 0.29) is 0 Å². The fourth-order valence-corrected chi connectivity index (χ4v) is 2.86. The third kappa shape index (κ3) is 3.99. The smallest absolute Gasteiger partial charge is 0.136 e. The molecule has 1 N–H and O–H groups in total. The highest BCUT2D eigenvalue weighted by Gasteiger charge is 2.17. The van der Waals surface area contributed by atoms with Crippen molar-refractivity contribution < 1.29 is 0 Å². The molecule has 3 rings (SSSR count). The SMILES string of the molecule is CCN1CCN(c2cc(Nc3ccc(C)cc3)nc(C)n2)CC1. The molecule has 5 heteroatoms. The summed E-state index contributed by atoms with van der Waals surface area (Å²) >= 11 is 0. The number of nitrogens with zero attached hydrogens (tertiary/aromatic N) is 4. The van der Waals surface area contributed by atoms with Crippen LogP contribution in [0.15, 0.2) is 30.3 Å². The number of anilines is 3. The normalized spacial score (nSPS) is 15.7. The van der Waals surface area contributed by atoms with Gasteiger partial charge in [0.05, 0.1) is 0 Å².